The van der Waals surface area contributed by atoms with Crippen molar-refractivity contribution in [3.05, 3.63) is 46.8 Å². The molecule has 3 aromatic rings. The fraction of sp³-hybridized carbons (Fsp3) is 0.364. The molecule has 0 bridgehead atoms. The number of carbonyl (C=O) groups excluding carboxylic acids is 3. The molecule has 1 N–H and O–H groups in total. The largest absolute Gasteiger partial charge is 0.473 e. The fourth-order valence-electron chi connectivity index (χ4n) is 3.84. The maximum absolute atomic E-state index is 11.9. The van der Waals surface area contributed by atoms with Gasteiger partial charge in [0.2, 0.25) is 11.5 Å². The van der Waals surface area contributed by atoms with Gasteiger partial charge < -0.3 is 34.4 Å². The molecule has 15 heteroatoms. The number of carbonyl (C=O) groups is 3. The highest BCUT2D eigenvalue weighted by Crippen LogP contribution is 2.37. The second-order valence-corrected chi connectivity index (χ2v) is 7.96. The van der Waals surface area contributed by atoms with Gasteiger partial charge in [0, 0.05) is 26.5 Å². The van der Waals surface area contributed by atoms with Gasteiger partial charge >= 0.3 is 23.9 Å². The molecule has 2 aromatic heterocycles. The van der Waals surface area contributed by atoms with E-state index in [0.717, 1.165) is 13.8 Å². The van der Waals surface area contributed by atoms with E-state index in [-0.39, 0.29) is 23.6 Å². The molecular weight excluding hydrogens is 492 g/mol. The first-order valence-corrected chi connectivity index (χ1v) is 11.0. The number of anilines is 2. The summed E-state index contributed by atoms with van der Waals surface area (Å²) in [5.41, 5.74) is 0.738. The molecule has 1 aromatic carbocycles. The van der Waals surface area contributed by atoms with Gasteiger partial charge in [0.25, 0.3) is 0 Å². The van der Waals surface area contributed by atoms with Crippen molar-refractivity contribution in [3.8, 4) is 0 Å². The Labute approximate surface area is 208 Å². The minimum absolute atomic E-state index is 0.0167. The molecule has 0 saturated carbocycles. The van der Waals surface area contributed by atoms with Crippen LogP contribution in [0.5, 0.6) is 0 Å². The molecule has 0 aliphatic carbocycles. The van der Waals surface area contributed by atoms with Crippen LogP contribution in [0.1, 0.15) is 27.0 Å². The Morgan fingerprint density at radius 1 is 1.05 bits per heavy atom. The summed E-state index contributed by atoms with van der Waals surface area (Å²) in [5.74, 6) is -2.67. The first kappa shape index (κ1) is 25.4. The molecule has 1 aliphatic heterocycles. The number of imidazole rings is 1. The number of hydrogen-bond donors (Lipinski definition) is 1. The Balaban J connectivity index is 1.80. The Bertz CT molecular complexity index is 1350. The number of para-hydroxylation sites is 1. The molecule has 1 fully saturated rings. The number of aromatic nitrogens is 4. The Kier molecular flexibility index (Phi) is 7.24. The molecule has 0 radical (unpaired) electrons. The van der Waals surface area contributed by atoms with Gasteiger partial charge in [-0.15, -0.1) is 0 Å². The van der Waals surface area contributed by atoms with Crippen molar-refractivity contribution in [1.29, 1.82) is 0 Å². The number of fused-ring (bicyclic) bond motifs is 1. The highest BCUT2D eigenvalue weighted by molar-refractivity contribution is 5.86. The van der Waals surface area contributed by atoms with E-state index in [2.05, 4.69) is 20.3 Å². The zero-order chi connectivity index (χ0) is 26.7. The minimum atomic E-state index is -1.22. The molecule has 4 rings (SSSR count). The van der Waals surface area contributed by atoms with Crippen molar-refractivity contribution >= 4 is 46.5 Å². The van der Waals surface area contributed by atoms with Gasteiger partial charge in [-0.1, -0.05) is 18.2 Å². The SMILES string of the molecule is CC(=O)OC[C@H]1O[C@@H](n2cnc3c(Nc4ccccc4)nc([N+](=O)[O-])nc32)[C@H](OC(C)=O)[C@@H]1OC(C)=O. The predicted molar refractivity (Wildman–Crippen MR) is 123 cm³/mol. The van der Waals surface area contributed by atoms with Crippen LogP contribution in [0.15, 0.2) is 36.7 Å². The van der Waals surface area contributed by atoms with Crippen molar-refractivity contribution in [3.63, 3.8) is 0 Å². The van der Waals surface area contributed by atoms with E-state index in [4.69, 9.17) is 18.9 Å². The summed E-state index contributed by atoms with van der Waals surface area (Å²) in [7, 11) is 0. The van der Waals surface area contributed by atoms with Crippen LogP contribution in [0, 0.1) is 10.1 Å². The van der Waals surface area contributed by atoms with Crippen LogP contribution < -0.4 is 5.32 Å². The molecule has 37 heavy (non-hydrogen) atoms. The van der Waals surface area contributed by atoms with Crippen LogP contribution in [-0.2, 0) is 33.3 Å². The maximum atomic E-state index is 11.9. The van der Waals surface area contributed by atoms with Gasteiger partial charge in [0.05, 0.1) is 0 Å². The number of hydrogen-bond acceptors (Lipinski definition) is 13. The molecule has 1 saturated heterocycles. The summed E-state index contributed by atoms with van der Waals surface area (Å²) in [6.45, 7) is 3.19. The third-order valence-electron chi connectivity index (χ3n) is 5.22. The van der Waals surface area contributed by atoms with E-state index in [1.807, 2.05) is 0 Å². The van der Waals surface area contributed by atoms with Gasteiger partial charge in [-0.25, -0.2) is 4.98 Å². The number of rotatable bonds is 8. The number of nitro groups is 1. The number of ether oxygens (including phenoxy) is 4. The van der Waals surface area contributed by atoms with Crippen LogP contribution in [0.4, 0.5) is 17.5 Å². The number of benzene rings is 1. The molecule has 4 atom stereocenters. The number of nitrogens with zero attached hydrogens (tertiary/aromatic N) is 5. The molecule has 15 nitrogen and oxygen atoms in total. The zero-order valence-corrected chi connectivity index (χ0v) is 19.9. The van der Waals surface area contributed by atoms with E-state index in [1.54, 1.807) is 30.3 Å². The monoisotopic (exact) mass is 514 g/mol. The maximum Gasteiger partial charge on any atom is 0.473 e. The number of esters is 3. The summed E-state index contributed by atoms with van der Waals surface area (Å²) in [6.07, 6.45) is -3.34. The summed E-state index contributed by atoms with van der Waals surface area (Å²) >= 11 is 0. The van der Waals surface area contributed by atoms with Crippen LogP contribution in [0.25, 0.3) is 11.2 Å². The van der Waals surface area contributed by atoms with E-state index in [1.165, 1.54) is 17.8 Å². The summed E-state index contributed by atoms with van der Waals surface area (Å²) in [4.78, 5) is 58.3. The van der Waals surface area contributed by atoms with Crippen LogP contribution in [-0.4, -0.2) is 67.3 Å². The van der Waals surface area contributed by atoms with Gasteiger partial charge in [0.1, 0.15) is 19.0 Å². The van der Waals surface area contributed by atoms with Crippen molar-refractivity contribution in [2.24, 2.45) is 0 Å². The standard InChI is InChI=1S/C22H22N6O9/c1-11(29)34-9-15-17(35-12(2)30)18(36-13(3)31)21(37-15)27-10-23-16-19(24-14-7-5-4-6-8-14)25-22(28(32)33)26-20(16)27/h4-8,10,15,17-18,21H,9H2,1-3H3,(H,24,25,26)/t15-,17-,18-,21-/m1/s1. The Morgan fingerprint density at radius 3 is 2.35 bits per heavy atom. The average molecular weight is 514 g/mol. The van der Waals surface area contributed by atoms with E-state index in [0.29, 0.717) is 5.69 Å². The lowest BCUT2D eigenvalue weighted by atomic mass is 10.1. The highest BCUT2D eigenvalue weighted by Gasteiger charge is 2.51. The summed E-state index contributed by atoms with van der Waals surface area (Å²) < 4.78 is 23.1. The van der Waals surface area contributed by atoms with Gasteiger partial charge in [-0.3, -0.25) is 19.0 Å². The van der Waals surface area contributed by atoms with Gasteiger partial charge in [-0.05, 0) is 27.0 Å². The normalized spacial score (nSPS) is 20.8. The highest BCUT2D eigenvalue weighted by atomic mass is 16.7. The molecule has 194 valence electrons. The quantitative estimate of drug-likeness (QED) is 0.198. The minimum Gasteiger partial charge on any atom is -0.463 e. The number of nitrogens with one attached hydrogen (secondary N) is 1. The third kappa shape index (κ3) is 5.61. The predicted octanol–water partition coefficient (Wildman–Crippen LogP) is 1.80. The summed E-state index contributed by atoms with van der Waals surface area (Å²) in [6, 6.07) is 8.80. The van der Waals surface area contributed by atoms with E-state index in [9.17, 15) is 24.5 Å². The molecular formula is C22H22N6O9. The van der Waals surface area contributed by atoms with Crippen LogP contribution in [0.3, 0.4) is 0 Å². The van der Waals surface area contributed by atoms with Crippen LogP contribution >= 0.6 is 0 Å². The summed E-state index contributed by atoms with van der Waals surface area (Å²) in [5, 5.41) is 14.6. The average Bonchev–Trinajstić information content (AvgIpc) is 3.39. The second-order valence-electron chi connectivity index (χ2n) is 7.96. The molecule has 0 amide bonds. The fourth-order valence-corrected chi connectivity index (χ4v) is 3.84. The van der Waals surface area contributed by atoms with Gasteiger partial charge in [0.15, 0.2) is 24.0 Å². The van der Waals surface area contributed by atoms with E-state index < -0.39 is 53.3 Å². The smallest absolute Gasteiger partial charge is 0.463 e. The van der Waals surface area contributed by atoms with Crippen molar-refractivity contribution in [1.82, 2.24) is 19.5 Å². The topological polar surface area (TPSA) is 187 Å². The second kappa shape index (κ2) is 10.5. The molecule has 0 spiro atoms. The third-order valence-corrected chi connectivity index (χ3v) is 5.22. The van der Waals surface area contributed by atoms with Crippen LogP contribution in [0.2, 0.25) is 0 Å². The lowest BCUT2D eigenvalue weighted by Gasteiger charge is -2.23. The Hall–Kier alpha value is -4.66. The Morgan fingerprint density at radius 2 is 1.73 bits per heavy atom. The first-order chi connectivity index (χ1) is 17.6. The van der Waals surface area contributed by atoms with Crippen molar-refractivity contribution in [2.45, 2.75) is 45.3 Å². The first-order valence-electron chi connectivity index (χ1n) is 11.0. The zero-order valence-electron chi connectivity index (χ0n) is 19.9. The van der Waals surface area contributed by atoms with E-state index >= 15 is 0 Å². The van der Waals surface area contributed by atoms with Gasteiger partial charge in [-0.2, -0.15) is 0 Å². The van der Waals surface area contributed by atoms with Crippen molar-refractivity contribution in [2.75, 3.05) is 11.9 Å². The molecule has 0 unspecified atom stereocenters. The molecule has 1 aliphatic rings. The molecule has 3 heterocycles. The van der Waals surface area contributed by atoms with Crippen molar-refractivity contribution < 1.29 is 38.3 Å². The lowest BCUT2D eigenvalue weighted by molar-refractivity contribution is -0.394. The lowest BCUT2D eigenvalue weighted by Crippen LogP contribution is -2.40.